The molecule has 0 radical (unpaired) electrons. The van der Waals surface area contributed by atoms with Crippen LogP contribution < -0.4 is 20.1 Å². The lowest BCUT2D eigenvalue weighted by Gasteiger charge is -2.38. The van der Waals surface area contributed by atoms with Gasteiger partial charge in [0, 0.05) is 18.3 Å². The average molecular weight is 602 g/mol. The van der Waals surface area contributed by atoms with E-state index in [1.54, 1.807) is 19.1 Å². The Bertz CT molecular complexity index is 1470. The number of hydrogen-bond donors (Lipinski definition) is 2. The van der Waals surface area contributed by atoms with Gasteiger partial charge in [-0.05, 0) is 67.0 Å². The zero-order valence-electron chi connectivity index (χ0n) is 26.2. The fourth-order valence-electron chi connectivity index (χ4n) is 7.79. The largest absolute Gasteiger partial charge is 0.493 e. The van der Waals surface area contributed by atoms with E-state index in [9.17, 15) is 14.4 Å². The third kappa shape index (κ3) is 5.15. The number of methoxy groups -OCH3 is 2. The van der Waals surface area contributed by atoms with Gasteiger partial charge in [-0.3, -0.25) is 14.4 Å². The smallest absolute Gasteiger partial charge is 0.246 e. The first kappa shape index (κ1) is 30.2. The molecule has 3 amide bonds. The molecular weight excluding hydrogens is 558 g/mol. The third-order valence-electron chi connectivity index (χ3n) is 10.3. The number of nitrogens with one attached hydrogen (secondary N) is 2. The molecule has 0 aromatic heterocycles. The highest BCUT2D eigenvalue weighted by Gasteiger charge is 2.72. The first-order valence-electron chi connectivity index (χ1n) is 15.7. The first-order chi connectivity index (χ1) is 21.2. The molecule has 9 heteroatoms. The van der Waals surface area contributed by atoms with Gasteiger partial charge in [-0.15, -0.1) is 0 Å². The highest BCUT2D eigenvalue weighted by atomic mass is 16.5. The van der Waals surface area contributed by atoms with Crippen molar-refractivity contribution >= 4 is 23.4 Å². The van der Waals surface area contributed by atoms with Crippen molar-refractivity contribution < 1.29 is 28.6 Å². The van der Waals surface area contributed by atoms with Gasteiger partial charge in [0.05, 0.1) is 32.2 Å². The number of amides is 3. The fraction of sp³-hybridized carbons (Fsp3) is 0.514. The Hall–Kier alpha value is -3.85. The molecule has 2 aromatic rings. The summed E-state index contributed by atoms with van der Waals surface area (Å²) in [5, 5.41) is 6.33. The van der Waals surface area contributed by atoms with Gasteiger partial charge < -0.3 is 29.7 Å². The Labute approximate surface area is 259 Å². The van der Waals surface area contributed by atoms with E-state index in [4.69, 9.17) is 14.2 Å². The predicted molar refractivity (Wildman–Crippen MR) is 166 cm³/mol. The summed E-state index contributed by atoms with van der Waals surface area (Å²) in [5.74, 6) is -0.234. The molecule has 8 atom stereocenters. The number of rotatable bonds is 9. The standard InChI is InChI=1S/C35H43N3O6/c1-20-8-6-10-24(18-20)36-32(39)29-27-14-16-35(44-27)30(29)34(41)38(17-15-23-12-13-26(42-4)28(19-23)43-5)31(35)33(40)37-25-11-7-9-21(2)22(25)3/h6,8,10,12-14,16,18-19,21-22,25,27,29-31H,7,9,11,15,17H2,1-5H3,(H,36,39)(H,37,40)/t21-,22+,25+,27+,29+,30+,31-,35-/m0/s1. The van der Waals surface area contributed by atoms with Gasteiger partial charge in [-0.2, -0.15) is 0 Å². The lowest BCUT2D eigenvalue weighted by atomic mass is 9.73. The third-order valence-corrected chi connectivity index (χ3v) is 10.3. The summed E-state index contributed by atoms with van der Waals surface area (Å²) in [6.07, 6.45) is 6.73. The molecule has 2 bridgehead atoms. The highest BCUT2D eigenvalue weighted by molar-refractivity contribution is 6.02. The molecule has 3 fully saturated rings. The molecule has 1 saturated carbocycles. The van der Waals surface area contributed by atoms with Crippen molar-refractivity contribution in [3.05, 3.63) is 65.7 Å². The van der Waals surface area contributed by atoms with Crippen molar-refractivity contribution in [3.8, 4) is 11.5 Å². The van der Waals surface area contributed by atoms with E-state index in [1.807, 2.05) is 61.5 Å². The zero-order valence-corrected chi connectivity index (χ0v) is 26.2. The lowest BCUT2D eigenvalue weighted by Crippen LogP contribution is -2.58. The molecule has 234 valence electrons. The molecule has 3 heterocycles. The van der Waals surface area contributed by atoms with Crippen LogP contribution in [0.25, 0.3) is 0 Å². The van der Waals surface area contributed by atoms with Gasteiger partial charge in [0.2, 0.25) is 17.7 Å². The molecule has 44 heavy (non-hydrogen) atoms. The number of ether oxygens (including phenoxy) is 3. The summed E-state index contributed by atoms with van der Waals surface area (Å²) in [6, 6.07) is 12.4. The maximum Gasteiger partial charge on any atom is 0.246 e. The summed E-state index contributed by atoms with van der Waals surface area (Å²) in [6.45, 7) is 6.67. The molecule has 2 N–H and O–H groups in total. The van der Waals surface area contributed by atoms with Crippen LogP contribution in [0, 0.1) is 30.6 Å². The van der Waals surface area contributed by atoms with Crippen LogP contribution in [0.5, 0.6) is 11.5 Å². The number of benzene rings is 2. The van der Waals surface area contributed by atoms with Crippen LogP contribution in [0.2, 0.25) is 0 Å². The molecule has 6 rings (SSSR count). The average Bonchev–Trinajstić information content (AvgIpc) is 3.65. The van der Waals surface area contributed by atoms with Crippen molar-refractivity contribution in [2.75, 3.05) is 26.1 Å². The fourth-order valence-corrected chi connectivity index (χ4v) is 7.79. The number of nitrogens with zero attached hydrogens (tertiary/aromatic N) is 1. The maximum absolute atomic E-state index is 14.4. The molecule has 3 aliphatic heterocycles. The molecule has 2 saturated heterocycles. The van der Waals surface area contributed by atoms with Gasteiger partial charge in [0.25, 0.3) is 0 Å². The van der Waals surface area contributed by atoms with Gasteiger partial charge in [0.1, 0.15) is 11.6 Å². The quantitative estimate of drug-likeness (QED) is 0.416. The van der Waals surface area contributed by atoms with Crippen LogP contribution >= 0.6 is 0 Å². The Morgan fingerprint density at radius 3 is 2.59 bits per heavy atom. The topological polar surface area (TPSA) is 106 Å². The predicted octanol–water partition coefficient (Wildman–Crippen LogP) is 4.28. The van der Waals surface area contributed by atoms with E-state index in [1.165, 1.54) is 0 Å². The van der Waals surface area contributed by atoms with Crippen LogP contribution in [0.1, 0.15) is 44.2 Å². The summed E-state index contributed by atoms with van der Waals surface area (Å²) in [4.78, 5) is 44.1. The molecule has 4 aliphatic rings. The molecule has 1 aliphatic carbocycles. The van der Waals surface area contributed by atoms with Crippen molar-refractivity contribution in [2.24, 2.45) is 23.7 Å². The minimum Gasteiger partial charge on any atom is -0.493 e. The van der Waals surface area contributed by atoms with Gasteiger partial charge >= 0.3 is 0 Å². The number of aryl methyl sites for hydroxylation is 1. The molecule has 1 spiro atoms. The second kappa shape index (κ2) is 11.9. The van der Waals surface area contributed by atoms with Crippen LogP contribution in [-0.2, 0) is 25.5 Å². The Balaban J connectivity index is 1.30. The second-order valence-corrected chi connectivity index (χ2v) is 12.9. The summed E-state index contributed by atoms with van der Waals surface area (Å²) in [7, 11) is 3.17. The van der Waals surface area contributed by atoms with Crippen LogP contribution in [0.3, 0.4) is 0 Å². The lowest BCUT2D eigenvalue weighted by molar-refractivity contribution is -0.141. The monoisotopic (exact) mass is 601 g/mol. The molecular formula is C35H43N3O6. The zero-order chi connectivity index (χ0) is 31.2. The maximum atomic E-state index is 14.4. The van der Waals surface area contributed by atoms with Crippen molar-refractivity contribution in [1.82, 2.24) is 10.2 Å². The number of anilines is 1. The van der Waals surface area contributed by atoms with Gasteiger partial charge in [-0.25, -0.2) is 0 Å². The normalized spacial score (nSPS) is 32.0. The summed E-state index contributed by atoms with van der Waals surface area (Å²) < 4.78 is 17.4. The van der Waals surface area contributed by atoms with Gasteiger partial charge in [-0.1, -0.05) is 57.0 Å². The number of hydrogen-bond acceptors (Lipinski definition) is 6. The van der Waals surface area contributed by atoms with E-state index in [2.05, 4.69) is 24.5 Å². The molecule has 2 aromatic carbocycles. The van der Waals surface area contributed by atoms with Gasteiger partial charge in [0.15, 0.2) is 11.5 Å². The Morgan fingerprint density at radius 1 is 1.05 bits per heavy atom. The molecule has 0 unspecified atom stereocenters. The minimum absolute atomic E-state index is 0.0208. The Morgan fingerprint density at radius 2 is 1.84 bits per heavy atom. The SMILES string of the molecule is COc1ccc(CCN2C(=O)[C@H]3[C@H](C(=O)Nc4cccc(C)c4)[C@H]4C=C[C@@]3(O4)[C@@H]2C(=O)N[C@@H]2CCC[C@H](C)[C@H]2C)cc1OC. The highest BCUT2D eigenvalue weighted by Crippen LogP contribution is 2.55. The number of likely N-dealkylation sites (tertiary alicyclic amines) is 1. The van der Waals surface area contributed by atoms with E-state index in [0.717, 1.165) is 30.4 Å². The number of carbonyl (C=O) groups excluding carboxylic acids is 3. The van der Waals surface area contributed by atoms with Crippen LogP contribution in [0.4, 0.5) is 5.69 Å². The first-order valence-corrected chi connectivity index (χ1v) is 15.7. The summed E-state index contributed by atoms with van der Waals surface area (Å²) >= 11 is 0. The van der Waals surface area contributed by atoms with Crippen LogP contribution in [0.15, 0.2) is 54.6 Å². The number of carbonyl (C=O) groups is 3. The number of fused-ring (bicyclic) bond motifs is 1. The van der Waals surface area contributed by atoms with E-state index in [-0.39, 0.29) is 30.3 Å². The van der Waals surface area contributed by atoms with E-state index >= 15 is 0 Å². The van der Waals surface area contributed by atoms with Crippen molar-refractivity contribution in [1.29, 1.82) is 0 Å². The minimum atomic E-state index is -1.21. The molecule has 9 nitrogen and oxygen atoms in total. The Kier molecular flexibility index (Phi) is 8.18. The second-order valence-electron chi connectivity index (χ2n) is 12.9. The van der Waals surface area contributed by atoms with E-state index < -0.39 is 29.6 Å². The van der Waals surface area contributed by atoms with E-state index in [0.29, 0.717) is 35.4 Å². The summed E-state index contributed by atoms with van der Waals surface area (Å²) in [5.41, 5.74) is 1.42. The van der Waals surface area contributed by atoms with Crippen LogP contribution in [-0.4, -0.2) is 67.2 Å². The van der Waals surface area contributed by atoms with Crippen molar-refractivity contribution in [2.45, 2.75) is 70.2 Å². The van der Waals surface area contributed by atoms with Crippen molar-refractivity contribution in [3.63, 3.8) is 0 Å².